The first kappa shape index (κ1) is 18.8. The molecule has 0 radical (unpaired) electrons. The van der Waals surface area contributed by atoms with Crippen LogP contribution in [0.5, 0.6) is 0 Å². The Morgan fingerprint density at radius 3 is 2.19 bits per heavy atom. The number of hydrogen-bond donors (Lipinski definition) is 1. The number of alkyl halides is 3. The molecule has 0 aromatic heterocycles. The van der Waals surface area contributed by atoms with E-state index in [2.05, 4.69) is 27.8 Å². The van der Waals surface area contributed by atoms with E-state index in [4.69, 9.17) is 0 Å². The molecule has 2 aromatic rings. The van der Waals surface area contributed by atoms with Crippen LogP contribution in [0.3, 0.4) is 0 Å². The number of aryl methyl sites for hydroxylation is 1. The van der Waals surface area contributed by atoms with Crippen LogP contribution in [0.15, 0.2) is 64.6 Å². The Morgan fingerprint density at radius 1 is 1.12 bits per heavy atom. The molecule has 3 nitrogen and oxygen atoms in total. The molecule has 1 fully saturated rings. The summed E-state index contributed by atoms with van der Waals surface area (Å²) < 4.78 is 42.8. The van der Waals surface area contributed by atoms with Gasteiger partial charge < -0.3 is 5.32 Å². The van der Waals surface area contributed by atoms with E-state index < -0.39 is 17.1 Å². The van der Waals surface area contributed by atoms with E-state index in [0.29, 0.717) is 17.4 Å². The van der Waals surface area contributed by atoms with E-state index in [1.54, 1.807) is 43.3 Å². The molecule has 0 aliphatic carbocycles. The fourth-order valence-electron chi connectivity index (χ4n) is 2.63. The number of urea groups is 1. The highest BCUT2D eigenvalue weighted by Crippen LogP contribution is 2.53. The van der Waals surface area contributed by atoms with Crippen LogP contribution < -0.4 is 10.2 Å². The zero-order valence-electron chi connectivity index (χ0n) is 13.6. The van der Waals surface area contributed by atoms with Crippen LogP contribution in [0.2, 0.25) is 0 Å². The Hall–Kier alpha value is -1.93. The summed E-state index contributed by atoms with van der Waals surface area (Å²) in [6, 6.07) is 11.7. The number of thioether (sulfide) groups is 1. The molecule has 0 bridgehead atoms. The predicted octanol–water partition coefficient (Wildman–Crippen LogP) is 5.91. The van der Waals surface area contributed by atoms with Crippen molar-refractivity contribution >= 4 is 39.4 Å². The van der Waals surface area contributed by atoms with E-state index in [0.717, 1.165) is 14.9 Å². The fraction of sp³-hybridized carbons (Fsp3) is 0.167. The zero-order chi connectivity index (χ0) is 19.1. The molecule has 0 spiro atoms. The van der Waals surface area contributed by atoms with Crippen LogP contribution in [0.1, 0.15) is 11.1 Å². The molecule has 136 valence electrons. The lowest BCUT2D eigenvalue weighted by Gasteiger charge is -2.43. The van der Waals surface area contributed by atoms with Crippen molar-refractivity contribution in [3.05, 3.63) is 75.7 Å². The van der Waals surface area contributed by atoms with Gasteiger partial charge in [-0.05, 0) is 36.8 Å². The largest absolute Gasteiger partial charge is 0.425 e. The molecule has 8 heteroatoms. The predicted molar refractivity (Wildman–Crippen MR) is 101 cm³/mol. The first-order valence-electron chi connectivity index (χ1n) is 7.54. The van der Waals surface area contributed by atoms with E-state index in [9.17, 15) is 18.0 Å². The highest BCUT2D eigenvalue weighted by Gasteiger charge is 2.61. The Morgan fingerprint density at radius 2 is 1.69 bits per heavy atom. The van der Waals surface area contributed by atoms with Crippen LogP contribution in [-0.2, 0) is 4.87 Å². The molecule has 1 unspecified atom stereocenters. The highest BCUT2D eigenvalue weighted by molar-refractivity contribution is 9.10. The number of carbonyl (C=O) groups is 1. The molecule has 1 atom stereocenters. The number of anilines is 1. The third-order valence-electron chi connectivity index (χ3n) is 3.95. The summed E-state index contributed by atoms with van der Waals surface area (Å²) in [5, 5.41) is 2.15. The molecule has 26 heavy (non-hydrogen) atoms. The molecule has 2 aromatic carbocycles. The number of carbonyl (C=O) groups excluding carboxylic acids is 1. The minimum atomic E-state index is -4.71. The summed E-state index contributed by atoms with van der Waals surface area (Å²) >= 11 is 3.76. The minimum Gasteiger partial charge on any atom is -0.311 e. The summed E-state index contributed by atoms with van der Waals surface area (Å²) in [5.41, 5.74) is 1.21. The van der Waals surface area contributed by atoms with Crippen molar-refractivity contribution in [2.24, 2.45) is 0 Å². The quantitative estimate of drug-likeness (QED) is 0.626. The van der Waals surface area contributed by atoms with Gasteiger partial charge in [-0.2, -0.15) is 13.2 Å². The number of amides is 2. The number of halogens is 4. The summed E-state index contributed by atoms with van der Waals surface area (Å²) in [7, 11) is 0. The molecule has 1 aliphatic heterocycles. The van der Waals surface area contributed by atoms with Gasteiger partial charge in [0.15, 0.2) is 0 Å². The SMILES string of the molecule is C=C1SC(c2ccc(C)cc2)(C(F)(F)F)NC(=O)N1c1ccc(Br)cc1. The molecule has 0 saturated carbocycles. The monoisotopic (exact) mass is 442 g/mol. The third-order valence-corrected chi connectivity index (χ3v) is 5.77. The fourth-order valence-corrected chi connectivity index (χ4v) is 4.04. The maximum Gasteiger partial charge on any atom is 0.425 e. The molecule has 3 rings (SSSR count). The normalized spacial score (nSPS) is 20.9. The number of nitrogens with one attached hydrogen (secondary N) is 1. The van der Waals surface area contributed by atoms with Gasteiger partial charge in [-0.3, -0.25) is 4.90 Å². The average Bonchev–Trinajstić information content (AvgIpc) is 2.55. The van der Waals surface area contributed by atoms with Crippen molar-refractivity contribution in [3.63, 3.8) is 0 Å². The Labute approximate surface area is 161 Å². The van der Waals surface area contributed by atoms with Crippen molar-refractivity contribution < 1.29 is 18.0 Å². The number of hydrogen-bond acceptors (Lipinski definition) is 2. The van der Waals surface area contributed by atoms with E-state index >= 15 is 0 Å². The van der Waals surface area contributed by atoms with Crippen molar-refractivity contribution in [3.8, 4) is 0 Å². The Kier molecular flexibility index (Phi) is 4.83. The van der Waals surface area contributed by atoms with Gasteiger partial charge in [-0.1, -0.05) is 64.1 Å². The third kappa shape index (κ3) is 3.23. The summed E-state index contributed by atoms with van der Waals surface area (Å²) in [6.45, 7) is 5.50. The topological polar surface area (TPSA) is 32.3 Å². The summed E-state index contributed by atoms with van der Waals surface area (Å²) in [4.78, 5) is 11.2. The van der Waals surface area contributed by atoms with Gasteiger partial charge >= 0.3 is 12.2 Å². The van der Waals surface area contributed by atoms with Crippen LogP contribution in [0.25, 0.3) is 0 Å². The first-order valence-corrected chi connectivity index (χ1v) is 9.14. The molecule has 1 N–H and O–H groups in total. The molecular formula is C18H14BrF3N2OS. The first-order chi connectivity index (χ1) is 12.1. The number of nitrogens with zero attached hydrogens (tertiary/aromatic N) is 1. The lowest BCUT2D eigenvalue weighted by atomic mass is 10.0. The van der Waals surface area contributed by atoms with E-state index in [-0.39, 0.29) is 10.6 Å². The maximum absolute atomic E-state index is 14.0. The van der Waals surface area contributed by atoms with Crippen LogP contribution in [-0.4, -0.2) is 12.2 Å². The molecule has 2 amide bonds. The summed E-state index contributed by atoms with van der Waals surface area (Å²) in [5.74, 6) is 0. The molecule has 1 aliphatic rings. The Bertz CT molecular complexity index is 832. The minimum absolute atomic E-state index is 0.00558. The standard InChI is InChI=1S/C18H14BrF3N2OS/c1-11-3-5-13(6-4-11)17(18(20,21)22)23-16(25)24(12(2)26-17)15-9-7-14(19)8-10-15/h3-10H,2H2,1H3,(H,23,25). The van der Waals surface area contributed by atoms with Gasteiger partial charge in [-0.15, -0.1) is 0 Å². The van der Waals surface area contributed by atoms with Gasteiger partial charge in [0.05, 0.1) is 10.7 Å². The Balaban J connectivity index is 2.03. The van der Waals surface area contributed by atoms with Crippen molar-refractivity contribution in [1.82, 2.24) is 5.32 Å². The number of rotatable bonds is 2. The lowest BCUT2D eigenvalue weighted by molar-refractivity contribution is -0.167. The van der Waals surface area contributed by atoms with Crippen LogP contribution in [0.4, 0.5) is 23.7 Å². The molecular weight excluding hydrogens is 429 g/mol. The summed E-state index contributed by atoms with van der Waals surface area (Å²) in [6.07, 6.45) is -4.71. The average molecular weight is 443 g/mol. The maximum atomic E-state index is 14.0. The highest BCUT2D eigenvalue weighted by atomic mass is 79.9. The molecule has 1 heterocycles. The molecule has 1 saturated heterocycles. The smallest absolute Gasteiger partial charge is 0.311 e. The number of benzene rings is 2. The van der Waals surface area contributed by atoms with Gasteiger partial charge in [0.1, 0.15) is 0 Å². The van der Waals surface area contributed by atoms with Gasteiger partial charge in [-0.25, -0.2) is 4.79 Å². The van der Waals surface area contributed by atoms with Gasteiger partial charge in [0.25, 0.3) is 0 Å². The van der Waals surface area contributed by atoms with Crippen molar-refractivity contribution in [2.75, 3.05) is 4.90 Å². The zero-order valence-corrected chi connectivity index (χ0v) is 16.0. The van der Waals surface area contributed by atoms with Crippen molar-refractivity contribution in [1.29, 1.82) is 0 Å². The second-order valence-electron chi connectivity index (χ2n) is 5.78. The second kappa shape index (κ2) is 6.66. The van der Waals surface area contributed by atoms with E-state index in [1.165, 1.54) is 12.1 Å². The second-order valence-corrected chi connectivity index (χ2v) is 7.99. The van der Waals surface area contributed by atoms with Crippen LogP contribution in [0, 0.1) is 6.92 Å². The van der Waals surface area contributed by atoms with Crippen molar-refractivity contribution in [2.45, 2.75) is 18.0 Å². The van der Waals surface area contributed by atoms with Gasteiger partial charge in [0.2, 0.25) is 4.87 Å². The lowest BCUT2D eigenvalue weighted by Crippen LogP contribution is -2.60. The van der Waals surface area contributed by atoms with E-state index in [1.807, 2.05) is 0 Å². The van der Waals surface area contributed by atoms with Crippen LogP contribution >= 0.6 is 27.7 Å². The van der Waals surface area contributed by atoms with Gasteiger partial charge in [0, 0.05) is 4.47 Å².